The molecule has 0 amide bonds. The smallest absolute Gasteiger partial charge is 0.243 e. The SMILES string of the molecule is CCC(N)c1cccc(S(=O)(=O)N2CCCC2CO)c1. The Balaban J connectivity index is 2.34. The first kappa shape index (κ1) is 15.4. The van der Waals surface area contributed by atoms with Gasteiger partial charge in [-0.3, -0.25) is 0 Å². The zero-order chi connectivity index (χ0) is 14.8. The Morgan fingerprint density at radius 1 is 1.50 bits per heavy atom. The Bertz CT molecular complexity index is 559. The molecule has 1 aliphatic heterocycles. The van der Waals surface area contributed by atoms with Crippen molar-refractivity contribution in [1.29, 1.82) is 0 Å². The van der Waals surface area contributed by atoms with Crippen molar-refractivity contribution in [2.24, 2.45) is 5.73 Å². The second kappa shape index (κ2) is 6.22. The molecule has 0 saturated carbocycles. The molecule has 1 aromatic rings. The van der Waals surface area contributed by atoms with Crippen molar-refractivity contribution >= 4 is 10.0 Å². The lowest BCUT2D eigenvalue weighted by molar-refractivity contribution is 0.213. The van der Waals surface area contributed by atoms with Crippen LogP contribution in [0.25, 0.3) is 0 Å². The van der Waals surface area contributed by atoms with Gasteiger partial charge in [0.2, 0.25) is 10.0 Å². The number of hydrogen-bond donors (Lipinski definition) is 2. The van der Waals surface area contributed by atoms with Crippen molar-refractivity contribution in [2.75, 3.05) is 13.2 Å². The van der Waals surface area contributed by atoms with Crippen LogP contribution in [-0.2, 0) is 10.0 Å². The molecule has 5 nitrogen and oxygen atoms in total. The van der Waals surface area contributed by atoms with Gasteiger partial charge in [0.25, 0.3) is 0 Å². The molecule has 0 radical (unpaired) electrons. The summed E-state index contributed by atoms with van der Waals surface area (Å²) in [5, 5.41) is 9.30. The van der Waals surface area contributed by atoms with E-state index in [1.54, 1.807) is 18.2 Å². The van der Waals surface area contributed by atoms with Crippen molar-refractivity contribution in [3.8, 4) is 0 Å². The van der Waals surface area contributed by atoms with Crippen LogP contribution in [0.1, 0.15) is 37.8 Å². The van der Waals surface area contributed by atoms with Gasteiger partial charge in [-0.1, -0.05) is 19.1 Å². The fourth-order valence-corrected chi connectivity index (χ4v) is 4.33. The van der Waals surface area contributed by atoms with Gasteiger partial charge in [-0.25, -0.2) is 8.42 Å². The van der Waals surface area contributed by atoms with Gasteiger partial charge in [0.05, 0.1) is 11.5 Å². The van der Waals surface area contributed by atoms with E-state index in [0.29, 0.717) is 13.0 Å². The van der Waals surface area contributed by atoms with Gasteiger partial charge < -0.3 is 10.8 Å². The molecular formula is C14H22N2O3S. The van der Waals surface area contributed by atoms with Crippen LogP contribution >= 0.6 is 0 Å². The molecule has 0 bridgehead atoms. The van der Waals surface area contributed by atoms with E-state index in [-0.39, 0.29) is 23.6 Å². The lowest BCUT2D eigenvalue weighted by Gasteiger charge is -2.23. The molecule has 3 N–H and O–H groups in total. The highest BCUT2D eigenvalue weighted by Gasteiger charge is 2.34. The van der Waals surface area contributed by atoms with Crippen molar-refractivity contribution < 1.29 is 13.5 Å². The average molecular weight is 298 g/mol. The summed E-state index contributed by atoms with van der Waals surface area (Å²) in [6.07, 6.45) is 2.26. The third kappa shape index (κ3) is 2.88. The summed E-state index contributed by atoms with van der Waals surface area (Å²) in [5.41, 5.74) is 6.79. The fourth-order valence-electron chi connectivity index (χ4n) is 2.58. The third-order valence-electron chi connectivity index (χ3n) is 3.87. The van der Waals surface area contributed by atoms with Crippen molar-refractivity contribution in [2.45, 2.75) is 43.2 Å². The van der Waals surface area contributed by atoms with E-state index in [0.717, 1.165) is 18.4 Å². The van der Waals surface area contributed by atoms with Gasteiger partial charge in [0, 0.05) is 18.6 Å². The number of benzene rings is 1. The van der Waals surface area contributed by atoms with Crippen LogP contribution < -0.4 is 5.73 Å². The van der Waals surface area contributed by atoms with E-state index < -0.39 is 10.0 Å². The van der Waals surface area contributed by atoms with Gasteiger partial charge >= 0.3 is 0 Å². The number of sulfonamides is 1. The fraction of sp³-hybridized carbons (Fsp3) is 0.571. The molecule has 2 rings (SSSR count). The second-order valence-corrected chi connectivity index (χ2v) is 7.07. The zero-order valence-electron chi connectivity index (χ0n) is 11.7. The van der Waals surface area contributed by atoms with Crippen LogP contribution in [0.15, 0.2) is 29.2 Å². The number of aliphatic hydroxyl groups is 1. The van der Waals surface area contributed by atoms with Gasteiger partial charge in [-0.05, 0) is 37.0 Å². The van der Waals surface area contributed by atoms with E-state index in [2.05, 4.69) is 0 Å². The highest BCUT2D eigenvalue weighted by atomic mass is 32.2. The lowest BCUT2D eigenvalue weighted by atomic mass is 10.1. The predicted octanol–water partition coefficient (Wildman–Crippen LogP) is 1.24. The molecule has 1 saturated heterocycles. The highest BCUT2D eigenvalue weighted by molar-refractivity contribution is 7.89. The second-order valence-electron chi connectivity index (χ2n) is 5.18. The molecule has 1 aliphatic rings. The maximum atomic E-state index is 12.6. The number of nitrogens with two attached hydrogens (primary N) is 1. The molecule has 6 heteroatoms. The van der Waals surface area contributed by atoms with Crippen LogP contribution in [-0.4, -0.2) is 37.0 Å². The molecule has 20 heavy (non-hydrogen) atoms. The average Bonchev–Trinajstić information content (AvgIpc) is 2.95. The van der Waals surface area contributed by atoms with Crippen molar-refractivity contribution in [1.82, 2.24) is 4.31 Å². The summed E-state index contributed by atoms with van der Waals surface area (Å²) in [7, 11) is -3.55. The van der Waals surface area contributed by atoms with Gasteiger partial charge in [0.1, 0.15) is 0 Å². The monoisotopic (exact) mass is 298 g/mol. The summed E-state index contributed by atoms with van der Waals surface area (Å²) in [5.74, 6) is 0. The summed E-state index contributed by atoms with van der Waals surface area (Å²) >= 11 is 0. The topological polar surface area (TPSA) is 83.6 Å². The number of rotatable bonds is 5. The summed E-state index contributed by atoms with van der Waals surface area (Å²) in [4.78, 5) is 0.263. The Morgan fingerprint density at radius 2 is 2.25 bits per heavy atom. The minimum atomic E-state index is -3.55. The Morgan fingerprint density at radius 3 is 2.90 bits per heavy atom. The predicted molar refractivity (Wildman–Crippen MR) is 77.7 cm³/mol. The van der Waals surface area contributed by atoms with Crippen LogP contribution in [0.2, 0.25) is 0 Å². The van der Waals surface area contributed by atoms with E-state index in [1.807, 2.05) is 13.0 Å². The van der Waals surface area contributed by atoms with Crippen LogP contribution in [0.3, 0.4) is 0 Å². The van der Waals surface area contributed by atoms with E-state index in [1.165, 1.54) is 4.31 Å². The number of hydrogen-bond acceptors (Lipinski definition) is 4. The van der Waals surface area contributed by atoms with E-state index in [4.69, 9.17) is 5.73 Å². The van der Waals surface area contributed by atoms with Gasteiger partial charge in [-0.15, -0.1) is 0 Å². The molecule has 1 heterocycles. The minimum Gasteiger partial charge on any atom is -0.395 e. The van der Waals surface area contributed by atoms with Gasteiger partial charge in [0.15, 0.2) is 0 Å². The van der Waals surface area contributed by atoms with E-state index >= 15 is 0 Å². The molecule has 1 fully saturated rings. The van der Waals surface area contributed by atoms with Crippen molar-refractivity contribution in [3.05, 3.63) is 29.8 Å². The Labute approximate surface area is 120 Å². The standard InChI is InChI=1S/C14H22N2O3S/c1-2-14(15)11-5-3-7-13(9-11)20(18,19)16-8-4-6-12(16)10-17/h3,5,7,9,12,14,17H,2,4,6,8,10,15H2,1H3. The number of aliphatic hydroxyl groups excluding tert-OH is 1. The molecule has 0 spiro atoms. The first-order valence-corrected chi connectivity index (χ1v) is 8.43. The largest absolute Gasteiger partial charge is 0.395 e. The van der Waals surface area contributed by atoms with Crippen LogP contribution in [0.5, 0.6) is 0 Å². The lowest BCUT2D eigenvalue weighted by Crippen LogP contribution is -2.37. The maximum Gasteiger partial charge on any atom is 0.243 e. The first-order chi connectivity index (χ1) is 9.50. The molecule has 112 valence electrons. The summed E-state index contributed by atoms with van der Waals surface area (Å²) in [6.45, 7) is 2.30. The molecule has 0 aromatic heterocycles. The normalized spacial score (nSPS) is 22.1. The summed E-state index contributed by atoms with van der Waals surface area (Å²) in [6, 6.07) is 6.35. The Hall–Kier alpha value is -0.950. The summed E-state index contributed by atoms with van der Waals surface area (Å²) < 4.78 is 26.7. The quantitative estimate of drug-likeness (QED) is 0.856. The van der Waals surface area contributed by atoms with Crippen LogP contribution in [0.4, 0.5) is 0 Å². The molecule has 1 aromatic carbocycles. The maximum absolute atomic E-state index is 12.6. The number of nitrogens with zero attached hydrogens (tertiary/aromatic N) is 1. The first-order valence-electron chi connectivity index (χ1n) is 6.99. The highest BCUT2D eigenvalue weighted by Crippen LogP contribution is 2.27. The molecular weight excluding hydrogens is 276 g/mol. The van der Waals surface area contributed by atoms with Gasteiger partial charge in [-0.2, -0.15) is 4.31 Å². The van der Waals surface area contributed by atoms with E-state index in [9.17, 15) is 13.5 Å². The van der Waals surface area contributed by atoms with Crippen molar-refractivity contribution in [3.63, 3.8) is 0 Å². The zero-order valence-corrected chi connectivity index (χ0v) is 12.5. The Kier molecular flexibility index (Phi) is 4.80. The third-order valence-corrected chi connectivity index (χ3v) is 5.81. The van der Waals surface area contributed by atoms with Crippen LogP contribution in [0, 0.1) is 0 Å². The molecule has 2 unspecified atom stereocenters. The molecule has 0 aliphatic carbocycles. The molecule has 2 atom stereocenters. The minimum absolute atomic E-state index is 0.132.